The minimum Gasteiger partial charge on any atom is -0.546 e. The Morgan fingerprint density at radius 1 is 1.34 bits per heavy atom. The molecule has 0 unspecified atom stereocenters. The van der Waals surface area contributed by atoms with Crippen LogP contribution in [0.25, 0.3) is 6.08 Å². The van der Waals surface area contributed by atoms with E-state index in [-0.39, 0.29) is 23.0 Å². The molecule has 1 aromatic rings. The molecule has 0 N–H and O–H groups in total. The largest absolute Gasteiger partial charge is 0.546 e. The van der Waals surface area contributed by atoms with E-state index in [1.807, 2.05) is 0 Å². The zero-order valence-corrected chi connectivity index (χ0v) is 18.1. The van der Waals surface area contributed by atoms with Crippen molar-refractivity contribution < 1.29 is 38.5 Å². The van der Waals surface area contributed by atoms with Gasteiger partial charge in [0.25, 0.3) is 11.1 Å². The van der Waals surface area contributed by atoms with Gasteiger partial charge in [0.2, 0.25) is 0 Å². The number of amides is 2. The fourth-order valence-electron chi connectivity index (χ4n) is 2.43. The van der Waals surface area contributed by atoms with Crippen molar-refractivity contribution in [2.45, 2.75) is 19.9 Å². The van der Waals surface area contributed by atoms with Gasteiger partial charge in [-0.3, -0.25) is 14.5 Å². The summed E-state index contributed by atoms with van der Waals surface area (Å²) in [4.78, 5) is 48.3. The van der Waals surface area contributed by atoms with Crippen LogP contribution in [0.2, 0.25) is 0 Å². The second-order valence-corrected chi connectivity index (χ2v) is 7.52. The molecule has 9 nitrogen and oxygen atoms in total. The molecule has 0 saturated carbocycles. The Bertz CT molecular complexity index is 885. The third kappa shape index (κ3) is 5.30. The highest BCUT2D eigenvalue weighted by molar-refractivity contribution is 9.10. The zero-order chi connectivity index (χ0) is 21.7. The molecule has 1 saturated heterocycles. The van der Waals surface area contributed by atoms with Crippen molar-refractivity contribution in [1.29, 1.82) is 0 Å². The van der Waals surface area contributed by atoms with E-state index in [1.165, 1.54) is 26.2 Å². The highest BCUT2D eigenvalue weighted by atomic mass is 79.9. The van der Waals surface area contributed by atoms with E-state index in [1.54, 1.807) is 13.0 Å². The average molecular weight is 487 g/mol. The molecule has 0 bridgehead atoms. The van der Waals surface area contributed by atoms with Crippen LogP contribution in [-0.2, 0) is 19.1 Å². The minimum atomic E-state index is -1.40. The Hall–Kier alpha value is -2.53. The van der Waals surface area contributed by atoms with Crippen LogP contribution in [0.3, 0.4) is 0 Å². The summed E-state index contributed by atoms with van der Waals surface area (Å²) >= 11 is 3.95. The Balaban J connectivity index is 2.31. The van der Waals surface area contributed by atoms with Crippen LogP contribution < -0.4 is 14.6 Å². The molecule has 1 aromatic carbocycles. The third-order valence-corrected chi connectivity index (χ3v) is 5.20. The van der Waals surface area contributed by atoms with Gasteiger partial charge in [-0.2, -0.15) is 0 Å². The van der Waals surface area contributed by atoms with Gasteiger partial charge >= 0.3 is 5.97 Å². The lowest BCUT2D eigenvalue weighted by atomic mass is 10.1. The van der Waals surface area contributed by atoms with Crippen LogP contribution in [0.5, 0.6) is 11.5 Å². The summed E-state index contributed by atoms with van der Waals surface area (Å²) in [6.07, 6.45) is 1.46. The quantitative estimate of drug-likeness (QED) is 0.397. The maximum absolute atomic E-state index is 12.6. The van der Waals surface area contributed by atoms with Gasteiger partial charge in [0.15, 0.2) is 11.5 Å². The Labute approximate surface area is 179 Å². The van der Waals surface area contributed by atoms with Gasteiger partial charge in [0.05, 0.1) is 29.1 Å². The molecule has 1 heterocycles. The molecule has 1 atom stereocenters. The molecule has 1 fully saturated rings. The number of carbonyl (C=O) groups excluding carboxylic acids is 4. The predicted molar refractivity (Wildman–Crippen MR) is 105 cm³/mol. The van der Waals surface area contributed by atoms with Gasteiger partial charge in [-0.15, -0.1) is 0 Å². The standard InChI is InChI=1S/C18H18BrNO8S/c1-4-27-17(24)9(2)20-16(23)13(29-18(20)25)7-10-5-11(19)15(12(6-10)26-3)28-8-14(21)22/h5-7,9H,4,8H2,1-3H3,(H,21,22)/p-1/b13-7+/t9-/m1/s1. The fourth-order valence-corrected chi connectivity index (χ4v) is 3.91. The monoisotopic (exact) mass is 486 g/mol. The van der Waals surface area contributed by atoms with Crippen LogP contribution in [0.1, 0.15) is 19.4 Å². The van der Waals surface area contributed by atoms with Crippen molar-refractivity contribution in [2.24, 2.45) is 0 Å². The Morgan fingerprint density at radius 2 is 2.03 bits per heavy atom. The number of aliphatic carboxylic acids is 1. The molecule has 1 aliphatic heterocycles. The number of ether oxygens (including phenoxy) is 3. The smallest absolute Gasteiger partial charge is 0.329 e. The van der Waals surface area contributed by atoms with Crippen molar-refractivity contribution in [2.75, 3.05) is 20.3 Å². The van der Waals surface area contributed by atoms with Gasteiger partial charge < -0.3 is 24.1 Å². The summed E-state index contributed by atoms with van der Waals surface area (Å²) < 4.78 is 15.6. The Morgan fingerprint density at radius 3 is 2.62 bits per heavy atom. The molecule has 2 rings (SSSR count). The van der Waals surface area contributed by atoms with Gasteiger partial charge in [-0.05, 0) is 65.3 Å². The van der Waals surface area contributed by atoms with Crippen molar-refractivity contribution in [1.82, 2.24) is 4.90 Å². The van der Waals surface area contributed by atoms with Gasteiger partial charge in [0, 0.05) is 0 Å². The molecule has 29 heavy (non-hydrogen) atoms. The van der Waals surface area contributed by atoms with Crippen LogP contribution in [-0.4, -0.2) is 54.4 Å². The van der Waals surface area contributed by atoms with Crippen molar-refractivity contribution in [3.05, 3.63) is 27.1 Å². The van der Waals surface area contributed by atoms with Crippen LogP contribution >= 0.6 is 27.7 Å². The number of methoxy groups -OCH3 is 1. The number of hydrogen-bond donors (Lipinski definition) is 0. The number of hydrogen-bond acceptors (Lipinski definition) is 9. The molecule has 1 aliphatic rings. The van der Waals surface area contributed by atoms with Crippen molar-refractivity contribution in [3.63, 3.8) is 0 Å². The summed E-state index contributed by atoms with van der Waals surface area (Å²) in [5, 5.41) is 10.0. The highest BCUT2D eigenvalue weighted by Crippen LogP contribution is 2.39. The van der Waals surface area contributed by atoms with Crippen LogP contribution in [0.4, 0.5) is 4.79 Å². The number of thioether (sulfide) groups is 1. The summed E-state index contributed by atoms with van der Waals surface area (Å²) in [6, 6.07) is 2.03. The van der Waals surface area contributed by atoms with Crippen molar-refractivity contribution >= 4 is 56.9 Å². The first-order valence-corrected chi connectivity index (χ1v) is 9.94. The number of esters is 1. The van der Waals surface area contributed by atoms with E-state index < -0.39 is 35.7 Å². The minimum absolute atomic E-state index is 0.114. The summed E-state index contributed by atoms with van der Waals surface area (Å²) in [6.45, 7) is 2.51. The number of rotatable bonds is 8. The number of halogens is 1. The second-order valence-electron chi connectivity index (χ2n) is 5.67. The molecule has 0 radical (unpaired) electrons. The molecule has 0 aliphatic carbocycles. The molecule has 11 heteroatoms. The summed E-state index contributed by atoms with van der Waals surface area (Å²) in [5.74, 6) is -2.32. The molecule has 2 amide bonds. The number of nitrogens with zero attached hydrogens (tertiary/aromatic N) is 1. The molecular weight excluding hydrogens is 470 g/mol. The SMILES string of the molecule is CCOC(=O)[C@@H](C)N1C(=O)S/C(=C/c2cc(Br)c(OCC(=O)[O-])c(OC)c2)C1=O. The number of carboxylic acid groups (broad SMARTS) is 1. The fraction of sp³-hybridized carbons (Fsp3) is 0.333. The lowest BCUT2D eigenvalue weighted by Gasteiger charge is -2.19. The highest BCUT2D eigenvalue weighted by Gasteiger charge is 2.41. The van der Waals surface area contributed by atoms with E-state index in [2.05, 4.69) is 15.9 Å². The zero-order valence-electron chi connectivity index (χ0n) is 15.7. The van der Waals surface area contributed by atoms with E-state index in [0.29, 0.717) is 21.8 Å². The first-order chi connectivity index (χ1) is 13.7. The first kappa shape index (κ1) is 22.8. The van der Waals surface area contributed by atoms with E-state index in [4.69, 9.17) is 14.2 Å². The van der Waals surface area contributed by atoms with E-state index >= 15 is 0 Å². The number of imide groups is 1. The van der Waals surface area contributed by atoms with E-state index in [0.717, 1.165) is 4.90 Å². The number of carboxylic acids is 1. The first-order valence-electron chi connectivity index (χ1n) is 8.33. The van der Waals surface area contributed by atoms with Gasteiger partial charge in [-0.25, -0.2) is 4.79 Å². The lowest BCUT2D eigenvalue weighted by molar-refractivity contribution is -0.307. The molecule has 0 spiro atoms. The molecule has 0 aromatic heterocycles. The maximum Gasteiger partial charge on any atom is 0.329 e. The van der Waals surface area contributed by atoms with Crippen LogP contribution in [0, 0.1) is 0 Å². The van der Waals surface area contributed by atoms with E-state index in [9.17, 15) is 24.3 Å². The lowest BCUT2D eigenvalue weighted by Crippen LogP contribution is -2.42. The number of benzene rings is 1. The number of carbonyl (C=O) groups is 4. The normalized spacial score (nSPS) is 16.1. The predicted octanol–water partition coefficient (Wildman–Crippen LogP) is 1.57. The van der Waals surface area contributed by atoms with Crippen LogP contribution in [0.15, 0.2) is 21.5 Å². The molecular formula is C18H17BrNO8S-. The Kier molecular flexibility index (Phi) is 7.68. The van der Waals surface area contributed by atoms with Crippen molar-refractivity contribution in [3.8, 4) is 11.5 Å². The summed E-state index contributed by atoms with van der Waals surface area (Å²) in [7, 11) is 1.37. The summed E-state index contributed by atoms with van der Waals surface area (Å²) in [5.41, 5.74) is 0.490. The maximum atomic E-state index is 12.6. The topological polar surface area (TPSA) is 122 Å². The third-order valence-electron chi connectivity index (χ3n) is 3.72. The van der Waals surface area contributed by atoms with Gasteiger partial charge in [0.1, 0.15) is 12.6 Å². The molecule has 156 valence electrons. The average Bonchev–Trinajstić information content (AvgIpc) is 2.93. The van der Waals surface area contributed by atoms with Gasteiger partial charge in [-0.1, -0.05) is 0 Å². The second kappa shape index (κ2) is 9.79.